The predicted molar refractivity (Wildman–Crippen MR) is 185 cm³/mol. The van der Waals surface area contributed by atoms with E-state index in [1.807, 2.05) is 91.9 Å². The summed E-state index contributed by atoms with van der Waals surface area (Å²) in [6, 6.07) is 27.4. The summed E-state index contributed by atoms with van der Waals surface area (Å²) in [5.41, 5.74) is -0.132. The zero-order valence-electron chi connectivity index (χ0n) is 28.7. The van der Waals surface area contributed by atoms with Crippen LogP contribution in [0.5, 0.6) is 11.6 Å². The Morgan fingerprint density at radius 3 is 2.25 bits per heavy atom. The molecular weight excluding hydrogens is 680 g/mol. The van der Waals surface area contributed by atoms with Crippen molar-refractivity contribution < 1.29 is 41.8 Å². The van der Waals surface area contributed by atoms with Crippen LogP contribution in [0.2, 0.25) is 0 Å². The van der Waals surface area contributed by atoms with Crippen molar-refractivity contribution in [3.63, 3.8) is 0 Å². The summed E-state index contributed by atoms with van der Waals surface area (Å²) >= 11 is 0. The van der Waals surface area contributed by atoms with Gasteiger partial charge < -0.3 is 24.6 Å². The molecule has 7 rings (SSSR count). The van der Waals surface area contributed by atoms with E-state index in [1.165, 1.54) is 17.8 Å². The molecule has 0 saturated carbocycles. The summed E-state index contributed by atoms with van der Waals surface area (Å²) in [6.45, 7) is 5.85. The van der Waals surface area contributed by atoms with Crippen molar-refractivity contribution in [2.24, 2.45) is 0 Å². The summed E-state index contributed by atoms with van der Waals surface area (Å²) in [5.74, 6) is -1.71. The van der Waals surface area contributed by atoms with Crippen LogP contribution in [0.4, 0.5) is 10.3 Å². The van der Waals surface area contributed by atoms with E-state index in [-0.39, 0.29) is 29.6 Å². The van der Waals surface area contributed by atoms with Gasteiger partial charge in [0.1, 0.15) is 23.5 Å². The summed E-state index contributed by atoms with van der Waals surface area (Å²) < 4.78 is 64.4. The molecule has 0 aliphatic carbocycles. The van der Waals surface area contributed by atoms with E-state index < -0.39 is 49.9 Å². The van der Waals surface area contributed by atoms with Gasteiger partial charge in [-0.25, -0.2) is 13.9 Å². The van der Waals surface area contributed by atoms with Crippen molar-refractivity contribution in [1.82, 2.24) is 19.5 Å². The largest absolute Gasteiger partial charge is 0.497 e. The van der Waals surface area contributed by atoms with Crippen molar-refractivity contribution >= 4 is 24.9 Å². The molecule has 3 aromatic carbocycles. The molecule has 2 aliphatic rings. The second-order valence-corrected chi connectivity index (χ2v) is 14.4. The highest BCUT2D eigenvalue weighted by Gasteiger charge is 2.69. The maximum Gasteiger partial charge on any atom is 0.475 e. The molecule has 2 aromatic heterocycles. The van der Waals surface area contributed by atoms with Crippen LogP contribution in [0.15, 0.2) is 91.3 Å². The number of fused-ring (bicyclic) bond motifs is 2. The molecule has 13 nitrogen and oxygen atoms in total. The smallest absolute Gasteiger partial charge is 0.475 e. The Bertz CT molecular complexity index is 2010. The molecular formula is C36H39FN5O8P. The minimum absolute atomic E-state index is 0.135. The number of aromatic nitrogens is 4. The molecule has 0 radical (unpaired) electrons. The van der Waals surface area contributed by atoms with Gasteiger partial charge >= 0.3 is 7.82 Å². The quantitative estimate of drug-likeness (QED) is 0.113. The number of anilines is 1. The van der Waals surface area contributed by atoms with Gasteiger partial charge in [0.05, 0.1) is 26.1 Å². The van der Waals surface area contributed by atoms with Gasteiger partial charge in [-0.3, -0.25) is 18.1 Å². The fraction of sp³-hybridized carbons (Fsp3) is 0.361. The zero-order chi connectivity index (χ0) is 36.0. The Morgan fingerprint density at radius 2 is 1.67 bits per heavy atom. The number of nitrogens with one attached hydrogen (secondary N) is 1. The molecule has 0 amide bonds. The lowest BCUT2D eigenvalue weighted by atomic mass is 9.77. The van der Waals surface area contributed by atoms with Crippen LogP contribution in [0.1, 0.15) is 50.6 Å². The Labute approximate surface area is 294 Å². The Kier molecular flexibility index (Phi) is 9.11. The first-order valence-electron chi connectivity index (χ1n) is 16.5. The molecule has 0 unspecified atom stereocenters. The lowest BCUT2D eigenvalue weighted by Crippen LogP contribution is -2.52. The van der Waals surface area contributed by atoms with Crippen LogP contribution in [-0.2, 0) is 28.4 Å². The number of benzene rings is 3. The van der Waals surface area contributed by atoms with E-state index in [9.17, 15) is 9.67 Å². The van der Waals surface area contributed by atoms with E-state index in [0.29, 0.717) is 5.75 Å². The molecule has 4 heterocycles. The number of hydrogen-bond donors (Lipinski definition) is 2. The normalized spacial score (nSPS) is 26.3. The van der Waals surface area contributed by atoms with Gasteiger partial charge in [-0.15, -0.1) is 0 Å². The maximum atomic E-state index is 16.4. The van der Waals surface area contributed by atoms with Crippen molar-refractivity contribution in [3.8, 4) is 11.6 Å². The number of phosphoric acid groups is 1. The van der Waals surface area contributed by atoms with Crippen LogP contribution >= 0.6 is 7.82 Å². The van der Waals surface area contributed by atoms with Crippen LogP contribution in [0.3, 0.4) is 0 Å². The summed E-state index contributed by atoms with van der Waals surface area (Å²) in [5, 5.41) is 15.5. The van der Waals surface area contributed by atoms with Crippen LogP contribution in [0.25, 0.3) is 11.2 Å². The maximum absolute atomic E-state index is 16.4. The van der Waals surface area contributed by atoms with Crippen molar-refractivity contribution in [1.29, 1.82) is 0 Å². The average molecular weight is 720 g/mol. The summed E-state index contributed by atoms with van der Waals surface area (Å²) in [6.07, 6.45) is -2.41. The lowest BCUT2D eigenvalue weighted by molar-refractivity contribution is -0.220. The van der Waals surface area contributed by atoms with E-state index in [0.717, 1.165) is 16.7 Å². The first kappa shape index (κ1) is 35.0. The summed E-state index contributed by atoms with van der Waals surface area (Å²) in [4.78, 5) is 14.2. The first-order chi connectivity index (χ1) is 24.4. The molecule has 15 heteroatoms. The third-order valence-electron chi connectivity index (χ3n) is 8.88. The third-order valence-corrected chi connectivity index (χ3v) is 10.5. The molecule has 0 spiro atoms. The van der Waals surface area contributed by atoms with Crippen LogP contribution in [-0.4, -0.2) is 68.6 Å². The highest BCUT2D eigenvalue weighted by Crippen LogP contribution is 2.62. The van der Waals surface area contributed by atoms with E-state index in [1.54, 1.807) is 21.0 Å². The monoisotopic (exact) mass is 719 g/mol. The topological polar surface area (TPSA) is 148 Å². The predicted octanol–water partition coefficient (Wildman–Crippen LogP) is 6.53. The molecule has 2 fully saturated rings. The van der Waals surface area contributed by atoms with Gasteiger partial charge in [-0.05, 0) is 56.5 Å². The number of imidazole rings is 1. The number of hydrogen-bond acceptors (Lipinski definition) is 12. The second kappa shape index (κ2) is 13.3. The minimum atomic E-state index is -4.22. The van der Waals surface area contributed by atoms with Gasteiger partial charge in [0.25, 0.3) is 5.85 Å². The van der Waals surface area contributed by atoms with E-state index in [2.05, 4.69) is 10.3 Å². The third kappa shape index (κ3) is 6.15. The number of aliphatic hydroxyl groups is 1. The Balaban J connectivity index is 1.38. The number of phosphoric ester groups is 1. The minimum Gasteiger partial charge on any atom is -0.497 e. The average Bonchev–Trinajstić information content (AvgIpc) is 3.63. The number of alkyl halides is 1. The number of nitrogens with zero attached hydrogens (tertiary/aromatic N) is 4. The number of rotatable bonds is 11. The highest BCUT2D eigenvalue weighted by atomic mass is 31.2. The van der Waals surface area contributed by atoms with E-state index in [4.69, 9.17) is 37.7 Å². The first-order valence-corrected chi connectivity index (χ1v) is 18.0. The summed E-state index contributed by atoms with van der Waals surface area (Å²) in [7, 11) is -2.61. The molecule has 5 aromatic rings. The highest BCUT2D eigenvalue weighted by molar-refractivity contribution is 7.48. The van der Waals surface area contributed by atoms with Gasteiger partial charge in [-0.2, -0.15) is 9.97 Å². The molecule has 2 saturated heterocycles. The number of methoxy groups -OCH3 is 1. The van der Waals surface area contributed by atoms with Gasteiger partial charge in [-0.1, -0.05) is 72.8 Å². The molecule has 5 atom stereocenters. The zero-order valence-corrected chi connectivity index (χ0v) is 29.6. The second-order valence-electron chi connectivity index (χ2n) is 12.8. The molecule has 2 N–H and O–H groups in total. The SMILES string of the molecule is CCOc1nc(NC(c2ccccc2)(c2ccccc2)c2ccc(OC)cc2)nc2c1ncn2[C@@H]1O[C@]2(F)CO[P@](=O)(OC(C)C)O[C@H]2[C@@]1(C)O. The fourth-order valence-corrected chi connectivity index (χ4v) is 8.31. The Morgan fingerprint density at radius 1 is 1.04 bits per heavy atom. The van der Waals surface area contributed by atoms with E-state index >= 15 is 4.39 Å². The molecule has 0 bridgehead atoms. The molecule has 268 valence electrons. The number of ether oxygens (including phenoxy) is 3. The van der Waals surface area contributed by atoms with Crippen LogP contribution < -0.4 is 14.8 Å². The van der Waals surface area contributed by atoms with Gasteiger partial charge in [0, 0.05) is 0 Å². The molecule has 51 heavy (non-hydrogen) atoms. The van der Waals surface area contributed by atoms with Crippen molar-refractivity contribution in [2.75, 3.05) is 25.6 Å². The van der Waals surface area contributed by atoms with Gasteiger partial charge in [0.15, 0.2) is 23.5 Å². The number of halogens is 1. The Hall–Kier alpha value is -4.43. The van der Waals surface area contributed by atoms with Crippen molar-refractivity contribution in [2.45, 2.75) is 63.1 Å². The fourth-order valence-electron chi connectivity index (χ4n) is 6.66. The standard InChI is InChI=1S/C36H39FN5O8P/c1-6-46-30-28-29(42(22-38-28)32-34(4,43)31-35(37,48-32)21-47-51(44,50-31)49-23(2)3)39-33(40-30)41-36(24-13-9-7-10-14-24,25-15-11-8-12-16-25)26-17-19-27(45-5)20-18-26/h7-20,22-23,31-32,43H,6,21H2,1-5H3,(H,39,40,41)/t31-,32+,34+,35+,51+/m0/s1. The van der Waals surface area contributed by atoms with Crippen molar-refractivity contribution in [3.05, 3.63) is 108 Å². The van der Waals surface area contributed by atoms with Crippen LogP contribution in [0, 0.1) is 0 Å². The lowest BCUT2D eigenvalue weighted by Gasteiger charge is -2.37. The molecule has 2 aliphatic heterocycles. The van der Waals surface area contributed by atoms with Gasteiger partial charge in [0.2, 0.25) is 11.8 Å².